The zero-order valence-corrected chi connectivity index (χ0v) is 9.30. The Morgan fingerprint density at radius 1 is 1.59 bits per heavy atom. The predicted octanol–water partition coefficient (Wildman–Crippen LogP) is -0.958. The van der Waals surface area contributed by atoms with Gasteiger partial charge in [-0.3, -0.25) is 9.59 Å². The topological polar surface area (TPSA) is 113 Å². The fourth-order valence-corrected chi connectivity index (χ4v) is 1.79. The highest BCUT2D eigenvalue weighted by Crippen LogP contribution is 2.21. The molecule has 1 aliphatic rings. The highest BCUT2D eigenvalue weighted by molar-refractivity contribution is 5.83. The number of nitrogens with two attached hydrogens (primary N) is 2. The predicted molar refractivity (Wildman–Crippen MR) is 57.0 cm³/mol. The van der Waals surface area contributed by atoms with Crippen LogP contribution >= 0.6 is 0 Å². The van der Waals surface area contributed by atoms with Gasteiger partial charge in [0.05, 0.1) is 12.1 Å². The third kappa shape index (κ3) is 3.14. The molecule has 0 aromatic rings. The first-order chi connectivity index (χ1) is 7.97. The van der Waals surface area contributed by atoms with Crippen LogP contribution in [0.3, 0.4) is 0 Å². The molecule has 4 N–H and O–H groups in total. The molecule has 0 bridgehead atoms. The molecule has 0 spiro atoms. The van der Waals surface area contributed by atoms with E-state index < -0.39 is 30.1 Å². The van der Waals surface area contributed by atoms with Crippen LogP contribution in [0.4, 0.5) is 4.39 Å². The maximum atomic E-state index is 13.2. The lowest BCUT2D eigenvalue weighted by Gasteiger charge is -2.23. The first-order valence-corrected chi connectivity index (χ1v) is 5.35. The molecule has 0 aromatic heterocycles. The van der Waals surface area contributed by atoms with E-state index in [1.807, 2.05) is 0 Å². The van der Waals surface area contributed by atoms with Crippen LogP contribution in [-0.4, -0.2) is 41.5 Å². The Morgan fingerprint density at radius 3 is 2.76 bits per heavy atom. The molecule has 1 aliphatic heterocycles. The summed E-state index contributed by atoms with van der Waals surface area (Å²) >= 11 is 0. The molecule has 0 aromatic carbocycles. The van der Waals surface area contributed by atoms with E-state index in [1.54, 1.807) is 6.07 Å². The van der Waals surface area contributed by atoms with Crippen molar-refractivity contribution >= 4 is 11.8 Å². The summed E-state index contributed by atoms with van der Waals surface area (Å²) in [6.45, 7) is 0.183. The van der Waals surface area contributed by atoms with Crippen LogP contribution in [0.15, 0.2) is 0 Å². The van der Waals surface area contributed by atoms with Crippen LogP contribution in [0.1, 0.15) is 19.3 Å². The number of rotatable bonds is 4. The molecule has 1 rings (SSSR count). The molecule has 6 nitrogen and oxygen atoms in total. The van der Waals surface area contributed by atoms with Crippen molar-refractivity contribution in [2.75, 3.05) is 6.54 Å². The van der Waals surface area contributed by atoms with E-state index in [2.05, 4.69) is 0 Å². The molecule has 1 fully saturated rings. The van der Waals surface area contributed by atoms with Gasteiger partial charge in [-0.15, -0.1) is 0 Å². The van der Waals surface area contributed by atoms with E-state index in [9.17, 15) is 14.0 Å². The number of likely N-dealkylation sites (tertiary alicyclic amines) is 1. The summed E-state index contributed by atoms with van der Waals surface area (Å²) in [5, 5.41) is 8.76. The Hall–Kier alpha value is -1.68. The lowest BCUT2D eigenvalue weighted by Crippen LogP contribution is -2.47. The van der Waals surface area contributed by atoms with E-state index in [0.29, 0.717) is 0 Å². The van der Waals surface area contributed by atoms with E-state index in [-0.39, 0.29) is 25.8 Å². The molecule has 0 saturated carbocycles. The van der Waals surface area contributed by atoms with Gasteiger partial charge in [0, 0.05) is 13.0 Å². The van der Waals surface area contributed by atoms with Crippen molar-refractivity contribution in [3.63, 3.8) is 0 Å². The number of carbonyl (C=O) groups excluding carboxylic acids is 2. The van der Waals surface area contributed by atoms with Crippen LogP contribution in [0.5, 0.6) is 0 Å². The Morgan fingerprint density at radius 2 is 2.24 bits per heavy atom. The maximum Gasteiger partial charge on any atom is 0.240 e. The summed E-state index contributed by atoms with van der Waals surface area (Å²) in [4.78, 5) is 23.5. The monoisotopic (exact) mass is 242 g/mol. The zero-order chi connectivity index (χ0) is 13.0. The van der Waals surface area contributed by atoms with Gasteiger partial charge in [0.15, 0.2) is 6.04 Å². The number of amides is 2. The molecule has 0 unspecified atom stereocenters. The number of nitrogens with zero attached hydrogens (tertiary/aromatic N) is 2. The molecular formula is C10H15FN4O2. The third-order valence-corrected chi connectivity index (χ3v) is 2.76. The molecule has 94 valence electrons. The number of primary amides is 1. The van der Waals surface area contributed by atoms with Gasteiger partial charge in [-0.05, 0) is 12.8 Å². The van der Waals surface area contributed by atoms with E-state index >= 15 is 0 Å². The molecule has 1 heterocycles. The average Bonchev–Trinajstić information content (AvgIpc) is 2.66. The van der Waals surface area contributed by atoms with Crippen molar-refractivity contribution in [3.05, 3.63) is 0 Å². The van der Waals surface area contributed by atoms with E-state index in [1.165, 1.54) is 0 Å². The number of hydrogen-bond donors (Lipinski definition) is 2. The minimum Gasteiger partial charge on any atom is -0.370 e. The van der Waals surface area contributed by atoms with Crippen molar-refractivity contribution in [1.82, 2.24) is 4.90 Å². The van der Waals surface area contributed by atoms with Gasteiger partial charge in [-0.1, -0.05) is 0 Å². The van der Waals surface area contributed by atoms with Crippen molar-refractivity contribution in [3.8, 4) is 6.07 Å². The van der Waals surface area contributed by atoms with Crippen LogP contribution in [0, 0.1) is 11.3 Å². The summed E-state index contributed by atoms with van der Waals surface area (Å²) < 4.78 is 13.2. The second-order valence-corrected chi connectivity index (χ2v) is 4.02. The molecule has 17 heavy (non-hydrogen) atoms. The van der Waals surface area contributed by atoms with Crippen LogP contribution < -0.4 is 11.5 Å². The number of carbonyl (C=O) groups is 2. The van der Waals surface area contributed by atoms with Gasteiger partial charge < -0.3 is 16.4 Å². The van der Waals surface area contributed by atoms with Crippen molar-refractivity contribution < 1.29 is 14.0 Å². The zero-order valence-electron chi connectivity index (χ0n) is 9.30. The number of alkyl halides is 1. The minimum absolute atomic E-state index is 0.00296. The minimum atomic E-state index is -1.33. The fraction of sp³-hybridized carbons (Fsp3) is 0.700. The van der Waals surface area contributed by atoms with Crippen molar-refractivity contribution in [1.29, 1.82) is 5.26 Å². The van der Waals surface area contributed by atoms with Gasteiger partial charge in [0.2, 0.25) is 11.8 Å². The standard InChI is InChI=1S/C10H15FN4O2/c11-6-3-4-15(8(6)5-12)10(17)7(13)1-2-9(14)16/h6-8H,1-4,13H2,(H2,14,16)/t6-,7-,8-/m0/s1. The number of hydrogen-bond acceptors (Lipinski definition) is 4. The largest absolute Gasteiger partial charge is 0.370 e. The third-order valence-electron chi connectivity index (χ3n) is 2.76. The highest BCUT2D eigenvalue weighted by Gasteiger charge is 2.38. The van der Waals surface area contributed by atoms with Gasteiger partial charge in [0.1, 0.15) is 6.17 Å². The van der Waals surface area contributed by atoms with Crippen LogP contribution in [-0.2, 0) is 9.59 Å². The first-order valence-electron chi connectivity index (χ1n) is 5.35. The molecular weight excluding hydrogens is 227 g/mol. The molecule has 2 amide bonds. The maximum absolute atomic E-state index is 13.2. The second kappa shape index (κ2) is 5.59. The fourth-order valence-electron chi connectivity index (χ4n) is 1.79. The van der Waals surface area contributed by atoms with Gasteiger partial charge in [-0.2, -0.15) is 5.26 Å². The SMILES string of the molecule is N#C[C@H]1[C@@H](F)CCN1C(=O)[C@@H](N)CCC(N)=O. The van der Waals surface area contributed by atoms with Crippen molar-refractivity contribution in [2.45, 2.75) is 37.5 Å². The lowest BCUT2D eigenvalue weighted by molar-refractivity contribution is -0.133. The smallest absolute Gasteiger partial charge is 0.240 e. The Balaban J connectivity index is 2.58. The quantitative estimate of drug-likeness (QED) is 0.661. The highest BCUT2D eigenvalue weighted by atomic mass is 19.1. The summed E-state index contributed by atoms with van der Waals surface area (Å²) in [5.74, 6) is -1.05. The molecule has 0 aliphatic carbocycles. The van der Waals surface area contributed by atoms with Gasteiger partial charge >= 0.3 is 0 Å². The number of halogens is 1. The lowest BCUT2D eigenvalue weighted by atomic mass is 10.1. The summed E-state index contributed by atoms with van der Waals surface area (Å²) in [7, 11) is 0. The summed E-state index contributed by atoms with van der Waals surface area (Å²) in [5.41, 5.74) is 10.5. The molecule has 7 heteroatoms. The second-order valence-electron chi connectivity index (χ2n) is 4.02. The summed E-state index contributed by atoms with van der Waals surface area (Å²) in [6, 6.07) is -0.233. The normalized spacial score (nSPS) is 25.4. The Kier molecular flexibility index (Phi) is 4.40. The molecule has 0 radical (unpaired) electrons. The average molecular weight is 242 g/mol. The van der Waals surface area contributed by atoms with Gasteiger partial charge in [-0.25, -0.2) is 4.39 Å². The first kappa shape index (κ1) is 13.4. The molecule has 3 atom stereocenters. The van der Waals surface area contributed by atoms with E-state index in [4.69, 9.17) is 16.7 Å². The molecule has 1 saturated heterocycles. The van der Waals surface area contributed by atoms with Crippen LogP contribution in [0.25, 0.3) is 0 Å². The summed E-state index contributed by atoms with van der Waals surface area (Å²) in [6.07, 6.45) is -1.07. The van der Waals surface area contributed by atoms with Gasteiger partial charge in [0.25, 0.3) is 0 Å². The van der Waals surface area contributed by atoms with Crippen molar-refractivity contribution in [2.24, 2.45) is 11.5 Å². The Bertz CT molecular complexity index is 355. The Labute approximate surface area is 98.3 Å². The number of nitriles is 1. The van der Waals surface area contributed by atoms with Crippen LogP contribution in [0.2, 0.25) is 0 Å². The van der Waals surface area contributed by atoms with E-state index in [0.717, 1.165) is 4.90 Å².